The molecule has 1 aromatic heterocycles. The minimum Gasteiger partial charge on any atom is -0.428 e. The second-order valence-corrected chi connectivity index (χ2v) is 2.94. The molecule has 1 N–H and O–H groups in total. The van der Waals surface area contributed by atoms with Crippen molar-refractivity contribution in [1.29, 1.82) is 0 Å². The summed E-state index contributed by atoms with van der Waals surface area (Å²) in [4.78, 5) is 21.7. The van der Waals surface area contributed by atoms with Gasteiger partial charge in [0.2, 0.25) is 5.91 Å². The van der Waals surface area contributed by atoms with Gasteiger partial charge in [-0.25, -0.2) is 4.79 Å². The van der Waals surface area contributed by atoms with Crippen LogP contribution in [0.3, 0.4) is 0 Å². The third-order valence-electron chi connectivity index (χ3n) is 1.57. The lowest BCUT2D eigenvalue weighted by atomic mass is 10.2. The number of hydrogen-bond donors (Lipinski definition) is 1. The summed E-state index contributed by atoms with van der Waals surface area (Å²) in [6, 6.07) is 2.92. The van der Waals surface area contributed by atoms with Crippen molar-refractivity contribution in [2.24, 2.45) is 0 Å². The molecule has 0 saturated carbocycles. The standard InChI is InChI=1S/C10H11NO3/c1-6-4-9(5-10(13)14-6)7(2)11-8(3)12/h4-5H,2H2,1,3H3,(H,11,12). The average molecular weight is 193 g/mol. The Labute approximate surface area is 81.2 Å². The third-order valence-corrected chi connectivity index (χ3v) is 1.57. The van der Waals surface area contributed by atoms with Crippen molar-refractivity contribution in [3.05, 3.63) is 40.5 Å². The van der Waals surface area contributed by atoms with Crippen LogP contribution in [-0.2, 0) is 4.79 Å². The van der Waals surface area contributed by atoms with Gasteiger partial charge in [0.15, 0.2) is 0 Å². The molecule has 0 unspecified atom stereocenters. The average Bonchev–Trinajstić information content (AvgIpc) is 2.00. The quantitative estimate of drug-likeness (QED) is 0.763. The van der Waals surface area contributed by atoms with Crippen LogP contribution in [0.25, 0.3) is 5.70 Å². The van der Waals surface area contributed by atoms with Gasteiger partial charge in [-0.05, 0) is 13.0 Å². The largest absolute Gasteiger partial charge is 0.428 e. The van der Waals surface area contributed by atoms with Crippen LogP contribution in [0.15, 0.2) is 27.9 Å². The highest BCUT2D eigenvalue weighted by atomic mass is 16.4. The van der Waals surface area contributed by atoms with Crippen LogP contribution in [0.2, 0.25) is 0 Å². The Bertz CT molecular complexity index is 431. The predicted molar refractivity (Wildman–Crippen MR) is 52.6 cm³/mol. The molecule has 0 aliphatic rings. The molecule has 0 aliphatic heterocycles. The van der Waals surface area contributed by atoms with Crippen LogP contribution in [0, 0.1) is 6.92 Å². The molecule has 74 valence electrons. The molecule has 4 heteroatoms. The summed E-state index contributed by atoms with van der Waals surface area (Å²) in [5.41, 5.74) is 0.508. The smallest absolute Gasteiger partial charge is 0.336 e. The molecule has 0 bridgehead atoms. The van der Waals surface area contributed by atoms with Crippen LogP contribution in [0.1, 0.15) is 18.2 Å². The summed E-state index contributed by atoms with van der Waals surface area (Å²) in [5.74, 6) is 0.264. The van der Waals surface area contributed by atoms with E-state index in [-0.39, 0.29) is 5.91 Å². The van der Waals surface area contributed by atoms with Crippen LogP contribution in [0.5, 0.6) is 0 Å². The van der Waals surface area contributed by atoms with Crippen molar-refractivity contribution >= 4 is 11.6 Å². The van der Waals surface area contributed by atoms with Crippen LogP contribution in [-0.4, -0.2) is 5.91 Å². The zero-order valence-electron chi connectivity index (χ0n) is 8.09. The number of rotatable bonds is 2. The molecule has 1 amide bonds. The number of hydrogen-bond acceptors (Lipinski definition) is 3. The van der Waals surface area contributed by atoms with E-state index < -0.39 is 5.63 Å². The molecule has 1 aromatic rings. The Kier molecular flexibility index (Phi) is 2.86. The molecule has 0 saturated heterocycles. The van der Waals surface area contributed by atoms with E-state index in [1.807, 2.05) is 0 Å². The summed E-state index contributed by atoms with van der Waals surface area (Å²) in [6.07, 6.45) is 0. The first-order valence-electron chi connectivity index (χ1n) is 4.07. The number of carbonyl (C=O) groups excluding carboxylic acids is 1. The monoisotopic (exact) mass is 193 g/mol. The molecule has 14 heavy (non-hydrogen) atoms. The van der Waals surface area contributed by atoms with Gasteiger partial charge < -0.3 is 9.73 Å². The van der Waals surface area contributed by atoms with Crippen LogP contribution >= 0.6 is 0 Å². The van der Waals surface area contributed by atoms with E-state index >= 15 is 0 Å². The molecule has 0 fully saturated rings. The van der Waals surface area contributed by atoms with Gasteiger partial charge in [0.1, 0.15) is 5.76 Å². The van der Waals surface area contributed by atoms with Crippen molar-refractivity contribution in [2.45, 2.75) is 13.8 Å². The van der Waals surface area contributed by atoms with Crippen molar-refractivity contribution in [3.8, 4) is 0 Å². The fraction of sp³-hybridized carbons (Fsp3) is 0.200. The molecule has 0 atom stereocenters. The molecule has 1 heterocycles. The van der Waals surface area contributed by atoms with Gasteiger partial charge in [0, 0.05) is 24.3 Å². The van der Waals surface area contributed by atoms with E-state index in [2.05, 4.69) is 11.9 Å². The topological polar surface area (TPSA) is 59.3 Å². The molecule has 4 nitrogen and oxygen atoms in total. The SMILES string of the molecule is C=C(NC(C)=O)c1cc(C)oc(=O)c1. The molecular formula is C10H11NO3. The van der Waals surface area contributed by atoms with Gasteiger partial charge >= 0.3 is 5.63 Å². The Morgan fingerprint density at radius 2 is 2.14 bits per heavy atom. The maximum atomic E-state index is 11.0. The molecular weight excluding hydrogens is 182 g/mol. The first-order valence-corrected chi connectivity index (χ1v) is 4.07. The Balaban J connectivity index is 3.01. The fourth-order valence-corrected chi connectivity index (χ4v) is 1.06. The minimum absolute atomic E-state index is 0.221. The van der Waals surface area contributed by atoms with E-state index in [1.165, 1.54) is 13.0 Å². The summed E-state index contributed by atoms with van der Waals surface area (Å²) in [5, 5.41) is 2.50. The fourth-order valence-electron chi connectivity index (χ4n) is 1.06. The lowest BCUT2D eigenvalue weighted by molar-refractivity contribution is -0.117. The zero-order chi connectivity index (χ0) is 10.7. The van der Waals surface area contributed by atoms with Crippen molar-refractivity contribution in [3.63, 3.8) is 0 Å². The molecule has 0 aliphatic carbocycles. The first-order chi connectivity index (χ1) is 6.49. The van der Waals surface area contributed by atoms with Crippen molar-refractivity contribution < 1.29 is 9.21 Å². The summed E-state index contributed by atoms with van der Waals surface area (Å²) >= 11 is 0. The Morgan fingerprint density at radius 3 is 2.64 bits per heavy atom. The summed E-state index contributed by atoms with van der Waals surface area (Å²) in [6.45, 7) is 6.67. The lowest BCUT2D eigenvalue weighted by Gasteiger charge is -2.05. The Hall–Kier alpha value is -1.84. The van der Waals surface area contributed by atoms with E-state index in [1.54, 1.807) is 13.0 Å². The van der Waals surface area contributed by atoms with E-state index in [9.17, 15) is 9.59 Å². The normalized spacial score (nSPS) is 9.57. The highest BCUT2D eigenvalue weighted by Crippen LogP contribution is 2.08. The Morgan fingerprint density at radius 1 is 1.50 bits per heavy atom. The third kappa shape index (κ3) is 2.58. The van der Waals surface area contributed by atoms with Gasteiger partial charge in [-0.1, -0.05) is 6.58 Å². The number of nitrogens with one attached hydrogen (secondary N) is 1. The van der Waals surface area contributed by atoms with Gasteiger partial charge in [-0.15, -0.1) is 0 Å². The maximum Gasteiger partial charge on any atom is 0.336 e. The van der Waals surface area contributed by atoms with E-state index in [0.29, 0.717) is 17.0 Å². The van der Waals surface area contributed by atoms with Gasteiger partial charge in [-0.2, -0.15) is 0 Å². The van der Waals surface area contributed by atoms with Gasteiger partial charge in [0.05, 0.1) is 0 Å². The maximum absolute atomic E-state index is 11.0. The second-order valence-electron chi connectivity index (χ2n) is 2.94. The van der Waals surface area contributed by atoms with Gasteiger partial charge in [0.25, 0.3) is 0 Å². The second kappa shape index (κ2) is 3.91. The first kappa shape index (κ1) is 10.2. The van der Waals surface area contributed by atoms with Crippen LogP contribution < -0.4 is 10.9 Å². The highest BCUT2D eigenvalue weighted by molar-refractivity contribution is 5.84. The number of carbonyl (C=O) groups is 1. The van der Waals surface area contributed by atoms with Crippen molar-refractivity contribution in [1.82, 2.24) is 5.32 Å². The van der Waals surface area contributed by atoms with E-state index in [4.69, 9.17) is 4.42 Å². The molecule has 0 spiro atoms. The molecule has 0 aromatic carbocycles. The summed E-state index contributed by atoms with van der Waals surface area (Å²) in [7, 11) is 0. The lowest BCUT2D eigenvalue weighted by Crippen LogP contribution is -2.18. The minimum atomic E-state index is -0.452. The molecule has 0 radical (unpaired) electrons. The zero-order valence-corrected chi connectivity index (χ0v) is 8.09. The summed E-state index contributed by atoms with van der Waals surface area (Å²) < 4.78 is 4.76. The van der Waals surface area contributed by atoms with E-state index in [0.717, 1.165) is 0 Å². The number of aryl methyl sites for hydroxylation is 1. The van der Waals surface area contributed by atoms with Crippen molar-refractivity contribution in [2.75, 3.05) is 0 Å². The molecule has 1 rings (SSSR count). The van der Waals surface area contributed by atoms with Gasteiger partial charge in [-0.3, -0.25) is 4.79 Å². The predicted octanol–water partition coefficient (Wildman–Crippen LogP) is 1.06. The highest BCUT2D eigenvalue weighted by Gasteiger charge is 2.03. The number of amides is 1. The van der Waals surface area contributed by atoms with Crippen LogP contribution in [0.4, 0.5) is 0 Å².